The number of nitrogens with zero attached hydrogens (tertiary/aromatic N) is 1. The van der Waals surface area contributed by atoms with Gasteiger partial charge in [0.25, 0.3) is 0 Å². The van der Waals surface area contributed by atoms with Gasteiger partial charge in [0.1, 0.15) is 6.54 Å². The van der Waals surface area contributed by atoms with Crippen molar-refractivity contribution in [1.82, 2.24) is 4.90 Å². The molecule has 22 heavy (non-hydrogen) atoms. The Hall–Kier alpha value is -1.53. The fourth-order valence-electron chi connectivity index (χ4n) is 2.85. The number of rotatable bonds is 4. The Morgan fingerprint density at radius 2 is 2.05 bits per heavy atom. The Kier molecular flexibility index (Phi) is 5.13. The number of carbonyl (C=O) groups excluding carboxylic acids is 2. The molecule has 1 fully saturated rings. The average Bonchev–Trinajstić information content (AvgIpc) is 2.77. The van der Waals surface area contributed by atoms with Crippen molar-refractivity contribution in [2.24, 2.45) is 17.8 Å². The molecule has 124 valence electrons. The minimum Gasteiger partial charge on any atom is -0.465 e. The van der Waals surface area contributed by atoms with E-state index in [9.17, 15) is 22.8 Å². The van der Waals surface area contributed by atoms with Crippen LogP contribution in [0.1, 0.15) is 26.2 Å². The van der Waals surface area contributed by atoms with Gasteiger partial charge in [-0.25, -0.2) is 0 Å². The van der Waals surface area contributed by atoms with E-state index in [2.05, 4.69) is 13.0 Å². The summed E-state index contributed by atoms with van der Waals surface area (Å²) in [6, 6.07) is 0. The van der Waals surface area contributed by atoms with E-state index in [0.717, 1.165) is 12.8 Å². The number of esters is 1. The molecule has 2 aliphatic rings. The number of halogens is 3. The molecule has 1 aliphatic heterocycles. The monoisotopic (exact) mass is 319 g/mol. The van der Waals surface area contributed by atoms with E-state index in [4.69, 9.17) is 4.74 Å². The normalized spacial score (nSPS) is 29.0. The van der Waals surface area contributed by atoms with Crippen molar-refractivity contribution in [1.29, 1.82) is 0 Å². The van der Waals surface area contributed by atoms with Gasteiger partial charge in [-0.3, -0.25) is 9.59 Å². The minimum absolute atomic E-state index is 0.199. The molecule has 1 aliphatic carbocycles. The van der Waals surface area contributed by atoms with Gasteiger partial charge in [0.05, 0.1) is 12.5 Å². The second kappa shape index (κ2) is 6.71. The van der Waals surface area contributed by atoms with Gasteiger partial charge in [-0.1, -0.05) is 19.1 Å². The van der Waals surface area contributed by atoms with Crippen LogP contribution in [0.5, 0.6) is 0 Å². The quantitative estimate of drug-likeness (QED) is 0.591. The third-order valence-electron chi connectivity index (χ3n) is 4.28. The lowest BCUT2D eigenvalue weighted by Crippen LogP contribution is -2.36. The van der Waals surface area contributed by atoms with E-state index >= 15 is 0 Å². The lowest BCUT2D eigenvalue weighted by Gasteiger charge is -2.25. The number of hydrogen-bond acceptors (Lipinski definition) is 3. The van der Waals surface area contributed by atoms with Crippen molar-refractivity contribution >= 4 is 11.9 Å². The number of amides is 1. The molecule has 1 saturated heterocycles. The minimum atomic E-state index is -4.45. The number of hydrogen-bond donors (Lipinski definition) is 0. The van der Waals surface area contributed by atoms with E-state index in [1.807, 2.05) is 6.08 Å². The molecule has 1 heterocycles. The van der Waals surface area contributed by atoms with Gasteiger partial charge in [-0.2, -0.15) is 13.2 Å². The maximum Gasteiger partial charge on any atom is 0.406 e. The number of alkyl halides is 3. The molecule has 0 saturated carbocycles. The molecule has 0 N–H and O–H groups in total. The molecule has 3 atom stereocenters. The van der Waals surface area contributed by atoms with Gasteiger partial charge >= 0.3 is 12.1 Å². The molecule has 0 aromatic heterocycles. The maximum absolute atomic E-state index is 12.3. The highest BCUT2D eigenvalue weighted by Gasteiger charge is 2.41. The second-order valence-electron chi connectivity index (χ2n) is 6.10. The third-order valence-corrected chi connectivity index (χ3v) is 4.28. The Labute approximate surface area is 127 Å². The predicted octanol–water partition coefficient (Wildman–Crippen LogP) is 2.54. The summed E-state index contributed by atoms with van der Waals surface area (Å²) >= 11 is 0. The SMILES string of the molecule is C[C@@H]1CC=CC[C@H]1COC(=O)[C@H]1CC(=O)N(CC(F)(F)F)C1. The standard InChI is InChI=1S/C15H20F3NO3/c1-10-4-2-3-5-11(10)8-22-14(21)12-6-13(20)19(7-12)9-15(16,17)18/h2-3,10-12H,4-9H2,1H3/t10-,11+,12+/m1/s1. The lowest BCUT2D eigenvalue weighted by molar-refractivity contribution is -0.158. The molecule has 1 amide bonds. The van der Waals surface area contributed by atoms with Gasteiger partial charge in [-0.05, 0) is 24.7 Å². The van der Waals surface area contributed by atoms with Gasteiger partial charge in [0.2, 0.25) is 5.91 Å². The Morgan fingerprint density at radius 3 is 2.68 bits per heavy atom. The third kappa shape index (κ3) is 4.48. The molecule has 2 rings (SSSR count). The van der Waals surface area contributed by atoms with Crippen molar-refractivity contribution in [3.63, 3.8) is 0 Å². The van der Waals surface area contributed by atoms with Crippen molar-refractivity contribution in [2.75, 3.05) is 19.7 Å². The van der Waals surface area contributed by atoms with E-state index in [-0.39, 0.29) is 25.5 Å². The lowest BCUT2D eigenvalue weighted by atomic mass is 9.85. The molecule has 0 unspecified atom stereocenters. The molecule has 0 bridgehead atoms. The predicted molar refractivity (Wildman–Crippen MR) is 72.7 cm³/mol. The zero-order valence-corrected chi connectivity index (χ0v) is 12.4. The molecule has 0 radical (unpaired) electrons. The second-order valence-corrected chi connectivity index (χ2v) is 6.10. The first-order valence-electron chi connectivity index (χ1n) is 7.42. The molecular weight excluding hydrogens is 299 g/mol. The summed E-state index contributed by atoms with van der Waals surface area (Å²) in [6.45, 7) is 0.817. The van der Waals surface area contributed by atoms with Gasteiger partial charge in [0, 0.05) is 13.0 Å². The topological polar surface area (TPSA) is 46.6 Å². The summed E-state index contributed by atoms with van der Waals surface area (Å²) in [7, 11) is 0. The fraction of sp³-hybridized carbons (Fsp3) is 0.733. The molecular formula is C15H20F3NO3. The maximum atomic E-state index is 12.3. The van der Waals surface area contributed by atoms with E-state index < -0.39 is 30.5 Å². The molecule has 0 aromatic carbocycles. The molecule has 0 aromatic rings. The van der Waals surface area contributed by atoms with E-state index in [1.54, 1.807) is 0 Å². The smallest absolute Gasteiger partial charge is 0.406 e. The first-order valence-corrected chi connectivity index (χ1v) is 7.42. The van der Waals surface area contributed by atoms with E-state index in [0.29, 0.717) is 10.8 Å². The van der Waals surface area contributed by atoms with Crippen LogP contribution in [-0.4, -0.2) is 42.6 Å². The van der Waals surface area contributed by atoms with Crippen molar-refractivity contribution < 1.29 is 27.5 Å². The number of likely N-dealkylation sites (tertiary alicyclic amines) is 1. The van der Waals surface area contributed by atoms with E-state index in [1.165, 1.54) is 0 Å². The summed E-state index contributed by atoms with van der Waals surface area (Å²) in [6.07, 6.45) is 1.26. The fourth-order valence-corrected chi connectivity index (χ4v) is 2.85. The highest BCUT2D eigenvalue weighted by atomic mass is 19.4. The van der Waals surface area contributed by atoms with Crippen molar-refractivity contribution in [2.45, 2.75) is 32.4 Å². The van der Waals surface area contributed by atoms with Gasteiger partial charge in [0.15, 0.2) is 0 Å². The van der Waals surface area contributed by atoms with Gasteiger partial charge in [-0.15, -0.1) is 0 Å². The first kappa shape index (κ1) is 16.8. The number of ether oxygens (including phenoxy) is 1. The highest BCUT2D eigenvalue weighted by Crippen LogP contribution is 2.27. The van der Waals surface area contributed by atoms with Crippen molar-refractivity contribution in [3.8, 4) is 0 Å². The number of carbonyl (C=O) groups is 2. The molecule has 4 nitrogen and oxygen atoms in total. The summed E-state index contributed by atoms with van der Waals surface area (Å²) in [5, 5.41) is 0. The summed E-state index contributed by atoms with van der Waals surface area (Å²) < 4.78 is 42.2. The van der Waals surface area contributed by atoms with Crippen LogP contribution in [0.2, 0.25) is 0 Å². The molecule has 0 spiro atoms. The van der Waals surface area contributed by atoms with Crippen LogP contribution < -0.4 is 0 Å². The molecule has 7 heteroatoms. The zero-order chi connectivity index (χ0) is 16.3. The largest absolute Gasteiger partial charge is 0.465 e. The van der Waals surface area contributed by atoms with Crippen LogP contribution >= 0.6 is 0 Å². The number of allylic oxidation sites excluding steroid dienone is 2. The average molecular weight is 319 g/mol. The van der Waals surface area contributed by atoms with Gasteiger partial charge < -0.3 is 9.64 Å². The van der Waals surface area contributed by atoms with Crippen LogP contribution in [0.15, 0.2) is 12.2 Å². The zero-order valence-electron chi connectivity index (χ0n) is 12.4. The Balaban J connectivity index is 1.81. The van der Waals surface area contributed by atoms with Crippen LogP contribution in [-0.2, 0) is 14.3 Å². The van der Waals surface area contributed by atoms with Crippen LogP contribution in [0.25, 0.3) is 0 Å². The highest BCUT2D eigenvalue weighted by molar-refractivity contribution is 5.86. The Morgan fingerprint density at radius 1 is 1.36 bits per heavy atom. The van der Waals surface area contributed by atoms with Crippen molar-refractivity contribution in [3.05, 3.63) is 12.2 Å². The first-order chi connectivity index (χ1) is 10.3. The Bertz CT molecular complexity index is 461. The van der Waals surface area contributed by atoms with Crippen LogP contribution in [0.4, 0.5) is 13.2 Å². The van der Waals surface area contributed by atoms with Crippen LogP contribution in [0, 0.1) is 17.8 Å². The summed E-state index contributed by atoms with van der Waals surface area (Å²) in [4.78, 5) is 24.2. The summed E-state index contributed by atoms with van der Waals surface area (Å²) in [5.74, 6) is -1.36. The van der Waals surface area contributed by atoms with Crippen LogP contribution in [0.3, 0.4) is 0 Å². The summed E-state index contributed by atoms with van der Waals surface area (Å²) in [5.41, 5.74) is 0.